The van der Waals surface area contributed by atoms with Crippen LogP contribution in [0.5, 0.6) is 0 Å². The van der Waals surface area contributed by atoms with Gasteiger partial charge in [-0.1, -0.05) is 12.1 Å². The SMILES string of the molecule is C[C@H](C(=O)Nc1ccc2c(c1)CCC2)N1CCN(S(=O)(=O)c2cccc([N+](=O)[O-])c2)CC1. The summed E-state index contributed by atoms with van der Waals surface area (Å²) in [6.07, 6.45) is 3.27. The van der Waals surface area contributed by atoms with Gasteiger partial charge in [0.05, 0.1) is 15.9 Å². The molecule has 0 radical (unpaired) electrons. The first-order valence-corrected chi connectivity index (χ1v) is 12.1. The second kappa shape index (κ2) is 8.97. The van der Waals surface area contributed by atoms with Crippen LogP contribution in [0.2, 0.25) is 0 Å². The van der Waals surface area contributed by atoms with Gasteiger partial charge in [0, 0.05) is 44.0 Å². The van der Waals surface area contributed by atoms with E-state index in [2.05, 4.69) is 11.4 Å². The molecule has 2 aromatic rings. The largest absolute Gasteiger partial charge is 0.325 e. The Balaban J connectivity index is 1.37. The van der Waals surface area contributed by atoms with Gasteiger partial charge in [0.25, 0.3) is 5.69 Å². The molecule has 2 aliphatic rings. The lowest BCUT2D eigenvalue weighted by Crippen LogP contribution is -2.53. The molecule has 1 heterocycles. The van der Waals surface area contributed by atoms with Crippen molar-refractivity contribution in [2.75, 3.05) is 31.5 Å². The van der Waals surface area contributed by atoms with Crippen LogP contribution in [0.25, 0.3) is 0 Å². The Labute approximate surface area is 187 Å². The highest BCUT2D eigenvalue weighted by molar-refractivity contribution is 7.89. The summed E-state index contributed by atoms with van der Waals surface area (Å²) in [5.74, 6) is -0.127. The van der Waals surface area contributed by atoms with E-state index in [1.54, 1.807) is 0 Å². The van der Waals surface area contributed by atoms with Gasteiger partial charge in [-0.25, -0.2) is 8.42 Å². The predicted molar refractivity (Wildman–Crippen MR) is 120 cm³/mol. The number of nitro groups is 1. The number of nitrogens with zero attached hydrogens (tertiary/aromatic N) is 3. The molecule has 0 unspecified atom stereocenters. The Kier molecular flexibility index (Phi) is 6.27. The van der Waals surface area contributed by atoms with E-state index in [0.717, 1.165) is 31.0 Å². The lowest BCUT2D eigenvalue weighted by Gasteiger charge is -2.36. The Hall–Kier alpha value is -2.82. The van der Waals surface area contributed by atoms with E-state index in [1.807, 2.05) is 24.0 Å². The number of piperazine rings is 1. The van der Waals surface area contributed by atoms with Crippen LogP contribution in [0.4, 0.5) is 11.4 Å². The number of anilines is 1. The first-order valence-electron chi connectivity index (χ1n) is 10.7. The monoisotopic (exact) mass is 458 g/mol. The number of nitro benzene ring substituents is 1. The molecule has 0 bridgehead atoms. The van der Waals surface area contributed by atoms with Crippen molar-refractivity contribution in [2.45, 2.75) is 37.1 Å². The minimum atomic E-state index is -3.84. The van der Waals surface area contributed by atoms with Gasteiger partial charge >= 0.3 is 0 Å². The molecule has 0 aromatic heterocycles. The summed E-state index contributed by atoms with van der Waals surface area (Å²) < 4.78 is 27.1. The summed E-state index contributed by atoms with van der Waals surface area (Å²) in [5, 5.41) is 14.0. The average molecular weight is 459 g/mol. The third kappa shape index (κ3) is 4.52. The minimum Gasteiger partial charge on any atom is -0.325 e. The van der Waals surface area contributed by atoms with E-state index in [-0.39, 0.29) is 29.6 Å². The van der Waals surface area contributed by atoms with Crippen LogP contribution in [0.3, 0.4) is 0 Å². The van der Waals surface area contributed by atoms with Crippen molar-refractivity contribution in [1.29, 1.82) is 0 Å². The number of hydrogen-bond donors (Lipinski definition) is 1. The number of amides is 1. The van der Waals surface area contributed by atoms with Gasteiger partial charge in [-0.15, -0.1) is 0 Å². The van der Waals surface area contributed by atoms with E-state index < -0.39 is 21.0 Å². The zero-order chi connectivity index (χ0) is 22.9. The molecule has 0 spiro atoms. The number of fused-ring (bicyclic) bond motifs is 1. The zero-order valence-corrected chi connectivity index (χ0v) is 18.7. The molecule has 1 fully saturated rings. The van der Waals surface area contributed by atoms with Crippen molar-refractivity contribution in [3.63, 3.8) is 0 Å². The van der Waals surface area contributed by atoms with Crippen molar-refractivity contribution < 1.29 is 18.1 Å². The van der Waals surface area contributed by atoms with Gasteiger partial charge in [-0.3, -0.25) is 19.8 Å². The van der Waals surface area contributed by atoms with Crippen LogP contribution in [0.1, 0.15) is 24.5 Å². The van der Waals surface area contributed by atoms with Crippen LogP contribution in [-0.4, -0.2) is 60.7 Å². The van der Waals surface area contributed by atoms with Crippen LogP contribution in [0.15, 0.2) is 47.4 Å². The first kappa shape index (κ1) is 22.4. The summed E-state index contributed by atoms with van der Waals surface area (Å²) in [7, 11) is -3.84. The number of benzene rings is 2. The Morgan fingerprint density at radius 2 is 1.78 bits per heavy atom. The van der Waals surface area contributed by atoms with Gasteiger partial charge in [-0.05, 0) is 55.5 Å². The van der Waals surface area contributed by atoms with Gasteiger partial charge in [0.15, 0.2) is 0 Å². The Bertz CT molecular complexity index is 1140. The summed E-state index contributed by atoms with van der Waals surface area (Å²) in [5.41, 5.74) is 3.16. The van der Waals surface area contributed by atoms with Crippen LogP contribution in [0, 0.1) is 10.1 Å². The number of nitrogens with one attached hydrogen (secondary N) is 1. The van der Waals surface area contributed by atoms with E-state index in [1.165, 1.54) is 33.6 Å². The quantitative estimate of drug-likeness (QED) is 0.525. The second-order valence-corrected chi connectivity index (χ2v) is 10.1. The van der Waals surface area contributed by atoms with Crippen LogP contribution >= 0.6 is 0 Å². The van der Waals surface area contributed by atoms with Crippen molar-refractivity contribution in [2.24, 2.45) is 0 Å². The normalized spacial score (nSPS) is 18.2. The molecule has 1 saturated heterocycles. The standard InChI is InChI=1S/C22H26N4O5S/c1-16(22(27)23-19-9-8-17-4-2-5-18(17)14-19)24-10-12-25(13-11-24)32(30,31)21-7-3-6-20(15-21)26(28)29/h3,6-9,14-16H,2,4-5,10-13H2,1H3,(H,23,27)/t16-/m1/s1. The third-order valence-electron chi connectivity index (χ3n) is 6.23. The molecular formula is C22H26N4O5S. The van der Waals surface area contributed by atoms with E-state index >= 15 is 0 Å². The van der Waals surface area contributed by atoms with Crippen LogP contribution in [-0.2, 0) is 27.7 Å². The summed E-state index contributed by atoms with van der Waals surface area (Å²) in [6, 6.07) is 10.7. The van der Waals surface area contributed by atoms with Crippen molar-refractivity contribution in [3.8, 4) is 0 Å². The molecule has 0 saturated carbocycles. The number of rotatable bonds is 6. The molecule has 4 rings (SSSR count). The maximum atomic E-state index is 12.9. The average Bonchev–Trinajstić information content (AvgIpc) is 3.26. The molecule has 32 heavy (non-hydrogen) atoms. The highest BCUT2D eigenvalue weighted by Gasteiger charge is 2.32. The molecule has 170 valence electrons. The van der Waals surface area contributed by atoms with Gasteiger partial charge in [-0.2, -0.15) is 4.31 Å². The molecule has 1 atom stereocenters. The fraction of sp³-hybridized carbons (Fsp3) is 0.409. The topological polar surface area (TPSA) is 113 Å². The van der Waals surface area contributed by atoms with Crippen molar-refractivity contribution in [3.05, 3.63) is 63.7 Å². The maximum Gasteiger partial charge on any atom is 0.270 e. The molecule has 1 amide bonds. The smallest absolute Gasteiger partial charge is 0.270 e. The van der Waals surface area contributed by atoms with E-state index in [9.17, 15) is 23.3 Å². The molecular weight excluding hydrogens is 432 g/mol. The zero-order valence-electron chi connectivity index (χ0n) is 17.9. The summed E-state index contributed by atoms with van der Waals surface area (Å²) in [4.78, 5) is 25.0. The summed E-state index contributed by atoms with van der Waals surface area (Å²) >= 11 is 0. The molecule has 1 aliphatic heterocycles. The number of carbonyl (C=O) groups excluding carboxylic acids is 1. The van der Waals surface area contributed by atoms with Gasteiger partial charge in [0.2, 0.25) is 15.9 Å². The second-order valence-electron chi connectivity index (χ2n) is 8.20. The minimum absolute atomic E-state index is 0.0949. The Morgan fingerprint density at radius 3 is 2.50 bits per heavy atom. The number of hydrogen-bond acceptors (Lipinski definition) is 6. The molecule has 2 aromatic carbocycles. The highest BCUT2D eigenvalue weighted by atomic mass is 32.2. The molecule has 9 nitrogen and oxygen atoms in total. The molecule has 1 aliphatic carbocycles. The highest BCUT2D eigenvalue weighted by Crippen LogP contribution is 2.26. The van der Waals surface area contributed by atoms with E-state index in [4.69, 9.17) is 0 Å². The van der Waals surface area contributed by atoms with Crippen molar-refractivity contribution in [1.82, 2.24) is 9.21 Å². The lowest BCUT2D eigenvalue weighted by atomic mass is 10.1. The fourth-order valence-electron chi connectivity index (χ4n) is 4.30. The van der Waals surface area contributed by atoms with Crippen LogP contribution < -0.4 is 5.32 Å². The number of sulfonamides is 1. The third-order valence-corrected chi connectivity index (χ3v) is 8.13. The lowest BCUT2D eigenvalue weighted by molar-refractivity contribution is -0.385. The predicted octanol–water partition coefficient (Wildman–Crippen LogP) is 2.42. The number of non-ortho nitro benzene ring substituents is 1. The molecule has 10 heteroatoms. The number of aryl methyl sites for hydroxylation is 2. The first-order chi connectivity index (χ1) is 15.3. The van der Waals surface area contributed by atoms with Gasteiger partial charge in [0.1, 0.15) is 0 Å². The summed E-state index contributed by atoms with van der Waals surface area (Å²) in [6.45, 7) is 3.02. The van der Waals surface area contributed by atoms with Crippen molar-refractivity contribution >= 4 is 27.3 Å². The van der Waals surface area contributed by atoms with E-state index in [0.29, 0.717) is 13.1 Å². The molecule has 1 N–H and O–H groups in total. The Morgan fingerprint density at radius 1 is 1.06 bits per heavy atom. The fourth-order valence-corrected chi connectivity index (χ4v) is 5.76. The van der Waals surface area contributed by atoms with Gasteiger partial charge < -0.3 is 5.32 Å². The maximum absolute atomic E-state index is 12.9. The number of carbonyl (C=O) groups is 1.